The Balaban J connectivity index is 1.20. The van der Waals surface area contributed by atoms with Gasteiger partial charge in [-0.2, -0.15) is 0 Å². The lowest BCUT2D eigenvalue weighted by Gasteiger charge is -2.14. The summed E-state index contributed by atoms with van der Waals surface area (Å²) in [6.07, 6.45) is 0.821. The molecule has 1 amide bonds. The highest BCUT2D eigenvalue weighted by molar-refractivity contribution is 5.86. The van der Waals surface area contributed by atoms with Gasteiger partial charge >= 0.3 is 12.1 Å². The molecule has 0 saturated heterocycles. The lowest BCUT2D eigenvalue weighted by Crippen LogP contribution is -2.17. The van der Waals surface area contributed by atoms with Crippen LogP contribution in [-0.2, 0) is 4.74 Å². The fraction of sp³-hybridized carbons (Fsp3) is 0.0741. The van der Waals surface area contributed by atoms with Gasteiger partial charge in [-0.15, -0.1) is 0 Å². The maximum atomic E-state index is 12.4. The largest absolute Gasteiger partial charge is 0.477 e. The second-order valence-electron chi connectivity index (χ2n) is 7.76. The predicted molar refractivity (Wildman–Crippen MR) is 126 cm³/mol. The van der Waals surface area contributed by atoms with Crippen molar-refractivity contribution in [2.75, 3.05) is 11.9 Å². The molecule has 5 rings (SSSR count). The molecule has 2 N–H and O–H groups in total. The molecular weight excluding hydrogens is 432 g/mol. The molecule has 7 heteroatoms. The number of nitrogens with zero attached hydrogens (tertiary/aromatic N) is 1. The summed E-state index contributed by atoms with van der Waals surface area (Å²) < 4.78 is 11.2. The van der Waals surface area contributed by atoms with Crippen LogP contribution in [0.4, 0.5) is 10.5 Å². The monoisotopic (exact) mass is 452 g/mol. The number of carboxylic acid groups (broad SMARTS) is 1. The minimum absolute atomic E-state index is 0.00928. The molecule has 0 fully saturated rings. The van der Waals surface area contributed by atoms with Crippen molar-refractivity contribution in [3.63, 3.8) is 0 Å². The summed E-state index contributed by atoms with van der Waals surface area (Å²) >= 11 is 0. The van der Waals surface area contributed by atoms with Gasteiger partial charge in [0.1, 0.15) is 18.1 Å². The molecule has 0 bridgehead atoms. The van der Waals surface area contributed by atoms with E-state index >= 15 is 0 Å². The van der Waals surface area contributed by atoms with Crippen LogP contribution >= 0.6 is 0 Å². The number of amides is 1. The Labute approximate surface area is 195 Å². The van der Waals surface area contributed by atoms with Crippen LogP contribution in [0.15, 0.2) is 91.1 Å². The van der Waals surface area contributed by atoms with Crippen LogP contribution in [0, 0.1) is 0 Å². The van der Waals surface area contributed by atoms with Gasteiger partial charge in [-0.05, 0) is 52.6 Å². The Bertz CT molecular complexity index is 1320. The normalized spacial score (nSPS) is 11.9. The van der Waals surface area contributed by atoms with Gasteiger partial charge in [0.2, 0.25) is 0 Å². The molecule has 168 valence electrons. The van der Waals surface area contributed by atoms with Crippen LogP contribution in [0.2, 0.25) is 0 Å². The topological polar surface area (TPSA) is 97.8 Å². The number of hydrogen-bond donors (Lipinski definition) is 2. The van der Waals surface area contributed by atoms with Crippen molar-refractivity contribution in [2.45, 2.75) is 5.92 Å². The van der Waals surface area contributed by atoms with E-state index in [1.54, 1.807) is 30.3 Å². The van der Waals surface area contributed by atoms with Gasteiger partial charge in [-0.25, -0.2) is 14.6 Å². The summed E-state index contributed by atoms with van der Waals surface area (Å²) in [7, 11) is 0. The maximum Gasteiger partial charge on any atom is 0.411 e. The average molecular weight is 452 g/mol. The van der Waals surface area contributed by atoms with E-state index in [1.807, 2.05) is 24.3 Å². The number of carbonyl (C=O) groups is 2. The Morgan fingerprint density at radius 3 is 2.15 bits per heavy atom. The molecule has 0 radical (unpaired) electrons. The number of aromatic carboxylic acids is 1. The number of ether oxygens (including phenoxy) is 2. The van der Waals surface area contributed by atoms with Crippen LogP contribution in [0.25, 0.3) is 11.1 Å². The van der Waals surface area contributed by atoms with E-state index in [-0.39, 0.29) is 18.2 Å². The number of hydrogen-bond acceptors (Lipinski definition) is 5. The lowest BCUT2D eigenvalue weighted by atomic mass is 9.98. The minimum Gasteiger partial charge on any atom is -0.477 e. The zero-order valence-corrected chi connectivity index (χ0v) is 18.0. The number of benzene rings is 3. The zero-order valence-electron chi connectivity index (χ0n) is 18.0. The number of carbonyl (C=O) groups excluding carboxylic acids is 1. The van der Waals surface area contributed by atoms with Crippen molar-refractivity contribution >= 4 is 17.7 Å². The highest BCUT2D eigenvalue weighted by Crippen LogP contribution is 2.44. The molecule has 1 aliphatic carbocycles. The molecule has 1 aliphatic rings. The van der Waals surface area contributed by atoms with Gasteiger partial charge in [0.25, 0.3) is 0 Å². The summed E-state index contributed by atoms with van der Waals surface area (Å²) in [5.41, 5.74) is 5.09. The highest BCUT2D eigenvalue weighted by Gasteiger charge is 2.29. The SMILES string of the molecule is O=C(Nc1ccc(Oc2ccnc(C(=O)O)c2)cc1)OCC1c2ccccc2-c2ccccc21. The van der Waals surface area contributed by atoms with Gasteiger partial charge in [0.15, 0.2) is 5.69 Å². The van der Waals surface area contributed by atoms with Gasteiger partial charge < -0.3 is 14.6 Å². The third-order valence-corrected chi connectivity index (χ3v) is 5.63. The first-order valence-corrected chi connectivity index (χ1v) is 10.7. The summed E-state index contributed by atoms with van der Waals surface area (Å²) in [6, 6.07) is 25.9. The first-order chi connectivity index (χ1) is 16.6. The van der Waals surface area contributed by atoms with Crippen LogP contribution in [-0.4, -0.2) is 28.8 Å². The number of pyridine rings is 1. The van der Waals surface area contributed by atoms with Gasteiger partial charge in [0.05, 0.1) is 0 Å². The number of nitrogens with one attached hydrogen (secondary N) is 1. The van der Waals surface area contributed by atoms with E-state index in [2.05, 4.69) is 34.6 Å². The van der Waals surface area contributed by atoms with Crippen LogP contribution in [0.3, 0.4) is 0 Å². The summed E-state index contributed by atoms with van der Waals surface area (Å²) in [6.45, 7) is 0.231. The van der Waals surface area contributed by atoms with E-state index in [0.717, 1.165) is 11.1 Å². The molecule has 34 heavy (non-hydrogen) atoms. The lowest BCUT2D eigenvalue weighted by molar-refractivity contribution is 0.0690. The Morgan fingerprint density at radius 2 is 1.50 bits per heavy atom. The van der Waals surface area contributed by atoms with Crippen molar-refractivity contribution in [1.82, 2.24) is 4.98 Å². The van der Waals surface area contributed by atoms with Gasteiger partial charge in [-0.1, -0.05) is 48.5 Å². The fourth-order valence-corrected chi connectivity index (χ4v) is 4.09. The van der Waals surface area contributed by atoms with Crippen molar-refractivity contribution in [1.29, 1.82) is 0 Å². The van der Waals surface area contributed by atoms with E-state index in [0.29, 0.717) is 17.2 Å². The third-order valence-electron chi connectivity index (χ3n) is 5.63. The zero-order chi connectivity index (χ0) is 23.5. The Morgan fingerprint density at radius 1 is 0.853 bits per heavy atom. The minimum atomic E-state index is -1.13. The predicted octanol–water partition coefficient (Wildman–Crippen LogP) is 5.93. The van der Waals surface area contributed by atoms with Crippen LogP contribution in [0.1, 0.15) is 27.5 Å². The van der Waals surface area contributed by atoms with Gasteiger partial charge in [-0.3, -0.25) is 5.32 Å². The molecule has 7 nitrogen and oxygen atoms in total. The first-order valence-electron chi connectivity index (χ1n) is 10.7. The Kier molecular flexibility index (Phi) is 5.66. The highest BCUT2D eigenvalue weighted by atomic mass is 16.5. The molecule has 0 saturated carbocycles. The third kappa shape index (κ3) is 4.31. The summed E-state index contributed by atoms with van der Waals surface area (Å²) in [5.74, 6) is -0.302. The molecular formula is C27H20N2O5. The van der Waals surface area contributed by atoms with Crippen LogP contribution in [0.5, 0.6) is 11.5 Å². The smallest absolute Gasteiger partial charge is 0.411 e. The molecule has 1 aromatic heterocycles. The number of aromatic nitrogens is 1. The molecule has 0 unspecified atom stereocenters. The summed E-state index contributed by atoms with van der Waals surface area (Å²) in [5, 5.41) is 11.8. The van der Waals surface area contributed by atoms with Crippen LogP contribution < -0.4 is 10.1 Å². The van der Waals surface area contributed by atoms with E-state index < -0.39 is 12.1 Å². The maximum absolute atomic E-state index is 12.4. The quantitative estimate of drug-likeness (QED) is 0.376. The van der Waals surface area contributed by atoms with Gasteiger partial charge in [0, 0.05) is 23.9 Å². The van der Waals surface area contributed by atoms with E-state index in [4.69, 9.17) is 14.6 Å². The molecule has 0 aliphatic heterocycles. The number of fused-ring (bicyclic) bond motifs is 3. The fourth-order valence-electron chi connectivity index (χ4n) is 4.09. The standard InChI is InChI=1S/C27H20N2O5/c30-26(31)25-15-19(13-14-28-25)34-18-11-9-17(10-12-18)29-27(32)33-16-24-22-7-3-1-5-20(22)21-6-2-4-8-23(21)24/h1-15,24H,16H2,(H,29,32)(H,30,31). The van der Waals surface area contributed by atoms with E-state index in [1.165, 1.54) is 23.4 Å². The van der Waals surface area contributed by atoms with E-state index in [9.17, 15) is 9.59 Å². The molecule has 1 heterocycles. The molecule has 0 atom stereocenters. The Hall–Kier alpha value is -4.65. The number of rotatable bonds is 6. The van der Waals surface area contributed by atoms with Crippen molar-refractivity contribution in [3.05, 3.63) is 108 Å². The second kappa shape index (κ2) is 9.07. The molecule has 4 aromatic rings. The number of carboxylic acids is 1. The van der Waals surface area contributed by atoms with Crippen molar-refractivity contribution < 1.29 is 24.2 Å². The number of anilines is 1. The average Bonchev–Trinajstić information content (AvgIpc) is 3.18. The second-order valence-corrected chi connectivity index (χ2v) is 7.76. The van der Waals surface area contributed by atoms with Crippen molar-refractivity contribution in [2.24, 2.45) is 0 Å². The first kappa shape index (κ1) is 21.2. The summed E-state index contributed by atoms with van der Waals surface area (Å²) in [4.78, 5) is 27.2. The molecule has 0 spiro atoms. The molecule has 3 aromatic carbocycles. The van der Waals surface area contributed by atoms with Crippen molar-refractivity contribution in [3.8, 4) is 22.6 Å².